The zero-order valence-corrected chi connectivity index (χ0v) is 10.7. The lowest BCUT2D eigenvalue weighted by molar-refractivity contribution is 0.0690. The number of benzene rings is 1. The molecule has 4 nitrogen and oxygen atoms in total. The summed E-state index contributed by atoms with van der Waals surface area (Å²) in [6.07, 6.45) is 1.09. The minimum Gasteiger partial charge on any atom is -0.478 e. The molecule has 0 atom stereocenters. The number of rotatable bonds is 5. The van der Waals surface area contributed by atoms with Crippen molar-refractivity contribution in [2.45, 2.75) is 17.4 Å². The van der Waals surface area contributed by atoms with Gasteiger partial charge in [-0.05, 0) is 24.5 Å². The van der Waals surface area contributed by atoms with Crippen molar-refractivity contribution in [1.82, 2.24) is 0 Å². The maximum atomic E-state index is 11.1. The van der Waals surface area contributed by atoms with E-state index in [1.165, 1.54) is 6.07 Å². The fraction of sp³-hybridized carbons (Fsp3) is 0.273. The van der Waals surface area contributed by atoms with E-state index in [0.717, 1.165) is 0 Å². The third kappa shape index (κ3) is 3.67. The van der Waals surface area contributed by atoms with Crippen LogP contribution in [0.1, 0.15) is 32.7 Å². The molecular weight excluding hydrogens is 258 g/mol. The van der Waals surface area contributed by atoms with E-state index in [2.05, 4.69) is 25.3 Å². The highest BCUT2D eigenvalue weighted by atomic mass is 32.2. The van der Waals surface area contributed by atoms with Gasteiger partial charge in [0.1, 0.15) is 0 Å². The van der Waals surface area contributed by atoms with Crippen LogP contribution in [0.5, 0.6) is 0 Å². The fourth-order valence-corrected chi connectivity index (χ4v) is 1.81. The van der Waals surface area contributed by atoms with E-state index in [1.807, 2.05) is 0 Å². The molecule has 1 rings (SSSR count). The van der Waals surface area contributed by atoms with E-state index < -0.39 is 11.9 Å². The van der Waals surface area contributed by atoms with E-state index in [1.54, 1.807) is 12.1 Å². The molecule has 0 bridgehead atoms. The second-order valence-corrected chi connectivity index (χ2v) is 5.18. The van der Waals surface area contributed by atoms with Gasteiger partial charge < -0.3 is 10.8 Å². The Morgan fingerprint density at radius 1 is 1.35 bits per heavy atom. The first-order valence-electron chi connectivity index (χ1n) is 4.94. The molecule has 3 N–H and O–H groups in total. The van der Waals surface area contributed by atoms with Crippen molar-refractivity contribution in [3.05, 3.63) is 34.9 Å². The van der Waals surface area contributed by atoms with Crippen LogP contribution in [0, 0.1) is 0 Å². The Kier molecular flexibility index (Phi) is 4.89. The minimum absolute atomic E-state index is 0.0256. The summed E-state index contributed by atoms with van der Waals surface area (Å²) in [5, 5.41) is 9.11. The summed E-state index contributed by atoms with van der Waals surface area (Å²) in [5.74, 6) is -1.89. The number of hydrogen-bond donors (Lipinski definition) is 4. The molecule has 0 aromatic heterocycles. The Balaban J connectivity index is 3.16. The summed E-state index contributed by atoms with van der Waals surface area (Å²) < 4.78 is -0.131. The van der Waals surface area contributed by atoms with Crippen LogP contribution >= 0.6 is 25.3 Å². The number of primary amides is 1. The number of aryl methyl sites for hydroxylation is 1. The van der Waals surface area contributed by atoms with Gasteiger partial charge in [0.15, 0.2) is 0 Å². The first-order chi connectivity index (χ1) is 7.93. The first-order valence-corrected chi connectivity index (χ1v) is 5.98. The molecule has 0 aliphatic carbocycles. The van der Waals surface area contributed by atoms with Gasteiger partial charge in [-0.3, -0.25) is 4.79 Å². The monoisotopic (exact) mass is 271 g/mol. The van der Waals surface area contributed by atoms with Gasteiger partial charge in [-0.2, -0.15) is 25.3 Å². The molecule has 0 spiro atoms. The third-order valence-corrected chi connectivity index (χ3v) is 2.82. The summed E-state index contributed by atoms with van der Waals surface area (Å²) in [6, 6.07) is 4.70. The highest BCUT2D eigenvalue weighted by Crippen LogP contribution is 2.19. The topological polar surface area (TPSA) is 80.4 Å². The molecule has 0 radical (unpaired) electrons. The van der Waals surface area contributed by atoms with Crippen molar-refractivity contribution in [1.29, 1.82) is 0 Å². The average Bonchev–Trinajstić information content (AvgIpc) is 2.25. The van der Waals surface area contributed by atoms with Gasteiger partial charge in [-0.25, -0.2) is 4.79 Å². The molecule has 92 valence electrons. The molecule has 0 fully saturated rings. The van der Waals surface area contributed by atoms with Crippen LogP contribution in [0.4, 0.5) is 0 Å². The Morgan fingerprint density at radius 2 is 2.00 bits per heavy atom. The highest BCUT2D eigenvalue weighted by Gasteiger charge is 2.18. The second kappa shape index (κ2) is 5.97. The number of carbonyl (C=O) groups excluding carboxylic acids is 1. The number of nitrogens with two attached hydrogens (primary N) is 1. The third-order valence-electron chi connectivity index (χ3n) is 2.30. The molecule has 0 saturated carbocycles. The standard InChI is InChI=1S/C11H13NO3S2/c12-10(13)7-3-1-2-6(4-5-8(16)17)9(7)11(14)15/h1-3,8,16-17H,4-5H2,(H2,12,13)(H,14,15). The minimum atomic E-state index is -1.15. The molecular formula is C11H13NO3S2. The van der Waals surface area contributed by atoms with E-state index >= 15 is 0 Å². The van der Waals surface area contributed by atoms with Crippen LogP contribution in [0.15, 0.2) is 18.2 Å². The number of aromatic carboxylic acids is 1. The van der Waals surface area contributed by atoms with Crippen molar-refractivity contribution < 1.29 is 14.7 Å². The quantitative estimate of drug-likeness (QED) is 0.485. The molecule has 0 unspecified atom stereocenters. The van der Waals surface area contributed by atoms with Crippen molar-refractivity contribution in [3.8, 4) is 0 Å². The van der Waals surface area contributed by atoms with E-state index in [0.29, 0.717) is 18.4 Å². The summed E-state index contributed by atoms with van der Waals surface area (Å²) in [4.78, 5) is 22.3. The van der Waals surface area contributed by atoms with Gasteiger partial charge in [-0.15, -0.1) is 0 Å². The molecule has 1 amide bonds. The summed E-state index contributed by atoms with van der Waals surface area (Å²) in [7, 11) is 0. The van der Waals surface area contributed by atoms with Crippen molar-refractivity contribution in [2.75, 3.05) is 0 Å². The molecule has 0 saturated heterocycles. The Labute approximate surface area is 110 Å². The number of carbonyl (C=O) groups is 2. The van der Waals surface area contributed by atoms with Gasteiger partial charge in [0.2, 0.25) is 5.91 Å². The lowest BCUT2D eigenvalue weighted by Crippen LogP contribution is -2.18. The molecule has 6 heteroatoms. The molecule has 1 aromatic rings. The number of carboxylic acids is 1. The van der Waals surface area contributed by atoms with Gasteiger partial charge in [-0.1, -0.05) is 12.1 Å². The smallest absolute Gasteiger partial charge is 0.336 e. The number of thiol groups is 2. The van der Waals surface area contributed by atoms with E-state index in [-0.39, 0.29) is 15.7 Å². The Bertz CT molecular complexity index is 446. The molecule has 0 aliphatic heterocycles. The second-order valence-electron chi connectivity index (χ2n) is 3.53. The zero-order chi connectivity index (χ0) is 13.0. The van der Waals surface area contributed by atoms with Crippen LogP contribution < -0.4 is 5.73 Å². The summed E-state index contributed by atoms with van der Waals surface area (Å²) >= 11 is 8.21. The normalized spacial score (nSPS) is 10.5. The lowest BCUT2D eigenvalue weighted by Gasteiger charge is -2.10. The maximum absolute atomic E-state index is 11.1. The average molecular weight is 271 g/mol. The largest absolute Gasteiger partial charge is 0.478 e. The van der Waals surface area contributed by atoms with Gasteiger partial charge >= 0.3 is 5.97 Å². The zero-order valence-electron chi connectivity index (χ0n) is 8.96. The Morgan fingerprint density at radius 3 is 2.47 bits per heavy atom. The van der Waals surface area contributed by atoms with Crippen LogP contribution in [0.3, 0.4) is 0 Å². The Hall–Kier alpha value is -1.14. The fourth-order valence-electron chi connectivity index (χ4n) is 1.55. The number of carboxylic acid groups (broad SMARTS) is 1. The predicted molar refractivity (Wildman–Crippen MR) is 72.0 cm³/mol. The van der Waals surface area contributed by atoms with Crippen LogP contribution in [-0.2, 0) is 6.42 Å². The maximum Gasteiger partial charge on any atom is 0.336 e. The SMILES string of the molecule is NC(=O)c1cccc(CCC(S)S)c1C(=O)O. The van der Waals surface area contributed by atoms with Crippen LogP contribution in [-0.4, -0.2) is 21.6 Å². The van der Waals surface area contributed by atoms with E-state index in [4.69, 9.17) is 10.8 Å². The highest BCUT2D eigenvalue weighted by molar-refractivity contribution is 7.99. The van der Waals surface area contributed by atoms with Crippen LogP contribution in [0.2, 0.25) is 0 Å². The first kappa shape index (κ1) is 13.9. The van der Waals surface area contributed by atoms with Crippen molar-refractivity contribution >= 4 is 37.1 Å². The van der Waals surface area contributed by atoms with Gasteiger partial charge in [0.25, 0.3) is 0 Å². The molecule has 17 heavy (non-hydrogen) atoms. The summed E-state index contributed by atoms with van der Waals surface area (Å²) in [5.41, 5.74) is 5.72. The predicted octanol–water partition coefficient (Wildman–Crippen LogP) is 1.60. The number of hydrogen-bond acceptors (Lipinski definition) is 4. The molecule has 0 aliphatic rings. The van der Waals surface area contributed by atoms with Crippen molar-refractivity contribution in [3.63, 3.8) is 0 Å². The van der Waals surface area contributed by atoms with E-state index in [9.17, 15) is 9.59 Å². The van der Waals surface area contributed by atoms with Crippen molar-refractivity contribution in [2.24, 2.45) is 5.73 Å². The lowest BCUT2D eigenvalue weighted by atomic mass is 9.97. The number of amides is 1. The van der Waals surface area contributed by atoms with Gasteiger partial charge in [0.05, 0.1) is 11.1 Å². The molecule has 0 heterocycles. The van der Waals surface area contributed by atoms with Crippen LogP contribution in [0.25, 0.3) is 0 Å². The van der Waals surface area contributed by atoms with Gasteiger partial charge in [0, 0.05) is 4.58 Å². The molecule has 1 aromatic carbocycles. The summed E-state index contributed by atoms with van der Waals surface area (Å²) in [6.45, 7) is 0.